The molecule has 38 heavy (non-hydrogen) atoms. The summed E-state index contributed by atoms with van der Waals surface area (Å²) in [5.74, 6) is -5.84. The van der Waals surface area contributed by atoms with Gasteiger partial charge in [-0.1, -0.05) is 25.1 Å². The van der Waals surface area contributed by atoms with E-state index in [2.05, 4.69) is 0 Å². The fraction of sp³-hybridized carbons (Fsp3) is 0.571. The maximum atomic E-state index is 14.0. The Morgan fingerprint density at radius 3 is 2.37 bits per heavy atom. The summed E-state index contributed by atoms with van der Waals surface area (Å²) in [7, 11) is 0. The highest BCUT2D eigenvalue weighted by atomic mass is 16.6. The summed E-state index contributed by atoms with van der Waals surface area (Å²) in [6.45, 7) is 5.42. The van der Waals surface area contributed by atoms with Crippen LogP contribution < -0.4 is 0 Å². The molecule has 0 spiro atoms. The molecule has 0 amide bonds. The number of hydrogen-bond acceptors (Lipinski definition) is 10. The molecule has 2 bridgehead atoms. The van der Waals surface area contributed by atoms with Crippen LogP contribution in [0.2, 0.25) is 0 Å². The van der Waals surface area contributed by atoms with Crippen LogP contribution in [0.5, 0.6) is 0 Å². The first-order valence-corrected chi connectivity index (χ1v) is 12.7. The SMILES string of the molecule is CC(=O)O[C@@]12CO[C@@H]1C[C@@H](O)[C@@]1(C)C(=O)C(=O)C3=C(C)[C@@H](O)C[C@](O)([C@@H]3C)[C@@H](OC(=O)c3ccccc3)[C@H]21. The van der Waals surface area contributed by atoms with E-state index in [1.807, 2.05) is 0 Å². The highest BCUT2D eigenvalue weighted by Crippen LogP contribution is 2.61. The van der Waals surface area contributed by atoms with Crippen LogP contribution in [-0.2, 0) is 28.6 Å². The summed E-state index contributed by atoms with van der Waals surface area (Å²) in [6, 6.07) is 8.01. The molecular weight excluding hydrogens is 496 g/mol. The molecule has 0 aromatic heterocycles. The Morgan fingerprint density at radius 2 is 1.79 bits per heavy atom. The molecule has 4 aliphatic rings. The Hall–Kier alpha value is -2.92. The van der Waals surface area contributed by atoms with Gasteiger partial charge in [0.05, 0.1) is 35.7 Å². The van der Waals surface area contributed by atoms with E-state index in [1.54, 1.807) is 18.2 Å². The fourth-order valence-corrected chi connectivity index (χ4v) is 7.11. The number of ether oxygens (including phenoxy) is 3. The molecule has 3 fully saturated rings. The third-order valence-corrected chi connectivity index (χ3v) is 9.30. The average Bonchev–Trinajstić information content (AvgIpc) is 2.87. The lowest BCUT2D eigenvalue weighted by atomic mass is 9.47. The molecule has 10 heteroatoms. The molecule has 0 radical (unpaired) electrons. The smallest absolute Gasteiger partial charge is 0.338 e. The van der Waals surface area contributed by atoms with Crippen molar-refractivity contribution < 1.29 is 48.7 Å². The number of Topliss-reactive ketones (excluding diaryl/α,β-unsaturated/α-hetero) is 2. The lowest BCUT2D eigenvalue weighted by Gasteiger charge is -2.65. The van der Waals surface area contributed by atoms with Crippen LogP contribution in [0.25, 0.3) is 0 Å². The highest BCUT2D eigenvalue weighted by molar-refractivity contribution is 6.45. The zero-order valence-electron chi connectivity index (χ0n) is 21.7. The Morgan fingerprint density at radius 1 is 1.13 bits per heavy atom. The second-order valence-corrected chi connectivity index (χ2v) is 11.2. The van der Waals surface area contributed by atoms with Crippen molar-refractivity contribution in [3.8, 4) is 0 Å². The predicted molar refractivity (Wildman–Crippen MR) is 130 cm³/mol. The number of carbonyl (C=O) groups excluding carboxylic acids is 4. The van der Waals surface area contributed by atoms with Gasteiger partial charge in [-0.2, -0.15) is 0 Å². The van der Waals surface area contributed by atoms with Crippen LogP contribution in [0.15, 0.2) is 41.5 Å². The maximum absolute atomic E-state index is 14.0. The average molecular weight is 529 g/mol. The zero-order valence-corrected chi connectivity index (χ0v) is 21.7. The van der Waals surface area contributed by atoms with E-state index in [0.29, 0.717) is 0 Å². The molecule has 5 rings (SSSR count). The van der Waals surface area contributed by atoms with E-state index in [-0.39, 0.29) is 36.2 Å². The number of carbonyl (C=O) groups is 4. The van der Waals surface area contributed by atoms with Crippen molar-refractivity contribution >= 4 is 23.5 Å². The van der Waals surface area contributed by atoms with Crippen LogP contribution in [-0.4, -0.2) is 81.0 Å². The lowest BCUT2D eigenvalue weighted by molar-refractivity contribution is -0.341. The summed E-state index contributed by atoms with van der Waals surface area (Å²) in [5, 5.41) is 34.6. The second kappa shape index (κ2) is 8.81. The van der Waals surface area contributed by atoms with E-state index in [1.165, 1.54) is 39.8 Å². The van der Waals surface area contributed by atoms with E-state index >= 15 is 0 Å². The van der Waals surface area contributed by atoms with Crippen molar-refractivity contribution in [2.45, 2.75) is 76.2 Å². The molecule has 1 aromatic rings. The van der Waals surface area contributed by atoms with Crippen LogP contribution in [0.1, 0.15) is 50.9 Å². The minimum absolute atomic E-state index is 0.0718. The van der Waals surface area contributed by atoms with Gasteiger partial charge in [-0.3, -0.25) is 14.4 Å². The van der Waals surface area contributed by atoms with Gasteiger partial charge in [-0.15, -0.1) is 0 Å². The highest BCUT2D eigenvalue weighted by Gasteiger charge is 2.76. The Balaban J connectivity index is 1.78. The molecule has 1 aliphatic heterocycles. The minimum Gasteiger partial charge on any atom is -0.455 e. The molecule has 1 heterocycles. The summed E-state index contributed by atoms with van der Waals surface area (Å²) in [6.07, 6.45) is -5.64. The van der Waals surface area contributed by atoms with Gasteiger partial charge in [0.25, 0.3) is 0 Å². The first-order valence-electron chi connectivity index (χ1n) is 12.7. The van der Waals surface area contributed by atoms with E-state index in [9.17, 15) is 34.5 Å². The van der Waals surface area contributed by atoms with Gasteiger partial charge in [0.2, 0.25) is 11.6 Å². The number of benzene rings is 1. The molecule has 1 saturated heterocycles. The normalized spacial score (nSPS) is 42.2. The van der Waals surface area contributed by atoms with E-state index < -0.39 is 76.4 Å². The molecule has 2 saturated carbocycles. The van der Waals surface area contributed by atoms with Gasteiger partial charge in [0.1, 0.15) is 17.8 Å². The number of hydrogen-bond donors (Lipinski definition) is 3. The maximum Gasteiger partial charge on any atom is 0.338 e. The monoisotopic (exact) mass is 528 g/mol. The largest absolute Gasteiger partial charge is 0.455 e. The van der Waals surface area contributed by atoms with Crippen molar-refractivity contribution in [2.24, 2.45) is 17.3 Å². The van der Waals surface area contributed by atoms with Gasteiger partial charge in [-0.05, 0) is 31.6 Å². The van der Waals surface area contributed by atoms with E-state index in [4.69, 9.17) is 14.2 Å². The fourth-order valence-electron chi connectivity index (χ4n) is 7.11. The van der Waals surface area contributed by atoms with Crippen LogP contribution in [0.4, 0.5) is 0 Å². The summed E-state index contributed by atoms with van der Waals surface area (Å²) in [5.41, 5.74) is -5.23. The van der Waals surface area contributed by atoms with Gasteiger partial charge in [-0.25, -0.2) is 4.79 Å². The first kappa shape index (κ1) is 26.7. The molecule has 9 atom stereocenters. The summed E-state index contributed by atoms with van der Waals surface area (Å²) >= 11 is 0. The lowest BCUT2D eigenvalue weighted by Crippen LogP contribution is -2.80. The number of fused-ring (bicyclic) bond motifs is 5. The standard InChI is InChI=1S/C28H32O10/c1-13-17(30)11-27(35)14(2)20(13)21(32)23(33)26(4)18(31)10-19-28(12-36-19,38-15(3)29)22(26)24(27)37-25(34)16-8-6-5-7-9-16/h5-9,14,17-19,22,24,30-31,35H,10-12H2,1-4H3/t14-,17+,18-,19-,22+,24+,26-,27+,28+/m1/s1. The van der Waals surface area contributed by atoms with Crippen LogP contribution in [0, 0.1) is 17.3 Å². The van der Waals surface area contributed by atoms with Gasteiger partial charge < -0.3 is 29.5 Å². The number of rotatable bonds is 3. The number of ketones is 2. The van der Waals surface area contributed by atoms with Crippen LogP contribution >= 0.6 is 0 Å². The quantitative estimate of drug-likeness (QED) is 0.380. The molecule has 3 N–H and O–H groups in total. The van der Waals surface area contributed by atoms with Crippen LogP contribution in [0.3, 0.4) is 0 Å². The van der Waals surface area contributed by atoms with E-state index in [0.717, 1.165) is 0 Å². The Bertz CT molecular complexity index is 1240. The van der Waals surface area contributed by atoms with Crippen molar-refractivity contribution in [2.75, 3.05) is 6.61 Å². The van der Waals surface area contributed by atoms with Crippen molar-refractivity contribution in [3.63, 3.8) is 0 Å². The summed E-state index contributed by atoms with van der Waals surface area (Å²) in [4.78, 5) is 53.6. The Kier molecular flexibility index (Phi) is 6.18. The topological polar surface area (TPSA) is 157 Å². The van der Waals surface area contributed by atoms with Crippen molar-refractivity contribution in [1.82, 2.24) is 0 Å². The third-order valence-electron chi connectivity index (χ3n) is 9.30. The molecular formula is C28H32O10. The van der Waals surface area contributed by atoms with Crippen molar-refractivity contribution in [1.29, 1.82) is 0 Å². The molecule has 204 valence electrons. The molecule has 10 nitrogen and oxygen atoms in total. The Labute approximate surface area is 219 Å². The van der Waals surface area contributed by atoms with Gasteiger partial charge in [0, 0.05) is 31.3 Å². The third kappa shape index (κ3) is 3.47. The zero-order chi connectivity index (χ0) is 27.8. The first-order chi connectivity index (χ1) is 17.8. The second-order valence-electron chi connectivity index (χ2n) is 11.2. The van der Waals surface area contributed by atoms with Gasteiger partial charge >= 0.3 is 11.9 Å². The number of esters is 2. The number of aliphatic hydroxyl groups excluding tert-OH is 2. The molecule has 0 unspecified atom stereocenters. The predicted octanol–water partition coefficient (Wildman–Crippen LogP) is 0.900. The molecule has 1 aromatic carbocycles. The summed E-state index contributed by atoms with van der Waals surface area (Å²) < 4.78 is 17.5. The minimum atomic E-state index is -2.06. The molecule has 3 aliphatic carbocycles. The van der Waals surface area contributed by atoms with Gasteiger partial charge in [0.15, 0.2) is 5.60 Å². The van der Waals surface area contributed by atoms with Crippen molar-refractivity contribution in [3.05, 3.63) is 47.0 Å². The number of aliphatic hydroxyl groups is 3.